The summed E-state index contributed by atoms with van der Waals surface area (Å²) in [7, 11) is 0. The molecule has 0 unspecified atom stereocenters. The number of hydrogen-bond donors (Lipinski definition) is 1. The number of benzene rings is 1. The van der Waals surface area contributed by atoms with Crippen LogP contribution in [0.1, 0.15) is 34.5 Å². The lowest BCUT2D eigenvalue weighted by atomic mass is 10.1. The molecule has 1 aromatic carbocycles. The number of amides is 1. The van der Waals surface area contributed by atoms with Crippen LogP contribution in [0.4, 0.5) is 5.69 Å². The molecule has 0 radical (unpaired) electrons. The molecule has 3 rings (SSSR count). The molecule has 3 aromatic rings. The Hall–Kier alpha value is -3.80. The van der Waals surface area contributed by atoms with Gasteiger partial charge >= 0.3 is 0 Å². The first kappa shape index (κ1) is 19.0. The molecule has 0 aliphatic rings. The minimum Gasteiger partial charge on any atom is -0.352 e. The van der Waals surface area contributed by atoms with Crippen molar-refractivity contribution < 1.29 is 9.72 Å². The molecule has 0 aliphatic carbocycles. The van der Waals surface area contributed by atoms with Gasteiger partial charge in [0.15, 0.2) is 5.65 Å². The fourth-order valence-corrected chi connectivity index (χ4v) is 3.11. The van der Waals surface area contributed by atoms with Crippen molar-refractivity contribution in [2.24, 2.45) is 0 Å². The number of nitro benzene ring substituents is 1. The molecule has 2 heterocycles. The highest BCUT2D eigenvalue weighted by atomic mass is 16.6. The zero-order valence-electron chi connectivity index (χ0n) is 15.5. The Balaban J connectivity index is 1.69. The van der Waals surface area contributed by atoms with E-state index in [0.717, 1.165) is 17.0 Å². The standard InChI is InChI=1S/C19H18N6O3/c1-12-16(13(2)24-19(23-12)15(9-20)11-22-24)7-8-18(26)21-10-14-5-3-4-6-17(14)25(27)28/h3-6,11H,7-8,10H2,1-2H3,(H,21,26). The summed E-state index contributed by atoms with van der Waals surface area (Å²) in [6, 6.07) is 8.38. The Morgan fingerprint density at radius 2 is 2.11 bits per heavy atom. The second-order valence-electron chi connectivity index (χ2n) is 6.33. The van der Waals surface area contributed by atoms with Gasteiger partial charge in [-0.2, -0.15) is 10.4 Å². The van der Waals surface area contributed by atoms with Crippen LogP contribution in [0, 0.1) is 35.3 Å². The first-order chi connectivity index (χ1) is 13.4. The van der Waals surface area contributed by atoms with Gasteiger partial charge in [-0.05, 0) is 25.8 Å². The lowest BCUT2D eigenvalue weighted by Crippen LogP contribution is -2.24. The number of para-hydroxylation sites is 1. The number of nitro groups is 1. The van der Waals surface area contributed by atoms with Crippen LogP contribution >= 0.6 is 0 Å². The number of rotatable bonds is 6. The van der Waals surface area contributed by atoms with Crippen molar-refractivity contribution in [2.75, 3.05) is 0 Å². The molecule has 0 saturated carbocycles. The van der Waals surface area contributed by atoms with E-state index in [1.54, 1.807) is 22.7 Å². The third-order valence-electron chi connectivity index (χ3n) is 4.60. The predicted molar refractivity (Wildman–Crippen MR) is 100 cm³/mol. The molecular weight excluding hydrogens is 360 g/mol. The molecule has 0 atom stereocenters. The van der Waals surface area contributed by atoms with Crippen molar-refractivity contribution in [2.45, 2.75) is 33.2 Å². The second-order valence-corrected chi connectivity index (χ2v) is 6.33. The van der Waals surface area contributed by atoms with Crippen LogP contribution in [0.15, 0.2) is 30.5 Å². The summed E-state index contributed by atoms with van der Waals surface area (Å²) >= 11 is 0. The molecule has 2 aromatic heterocycles. The number of nitriles is 1. The first-order valence-corrected chi connectivity index (χ1v) is 8.65. The van der Waals surface area contributed by atoms with Crippen LogP contribution in [0.5, 0.6) is 0 Å². The fourth-order valence-electron chi connectivity index (χ4n) is 3.11. The van der Waals surface area contributed by atoms with Gasteiger partial charge in [0.05, 0.1) is 11.1 Å². The van der Waals surface area contributed by atoms with Gasteiger partial charge in [-0.1, -0.05) is 18.2 Å². The topological polar surface area (TPSA) is 126 Å². The SMILES string of the molecule is Cc1nc2c(C#N)cnn2c(C)c1CCC(=O)NCc1ccccc1[N+](=O)[O-]. The lowest BCUT2D eigenvalue weighted by Gasteiger charge is -2.11. The van der Waals surface area contributed by atoms with Crippen LogP contribution in [0.25, 0.3) is 5.65 Å². The zero-order chi connectivity index (χ0) is 20.3. The molecule has 0 bridgehead atoms. The Kier molecular flexibility index (Phi) is 5.31. The maximum absolute atomic E-state index is 12.2. The number of fused-ring (bicyclic) bond motifs is 1. The molecule has 1 amide bonds. The van der Waals surface area contributed by atoms with Crippen molar-refractivity contribution in [3.8, 4) is 6.07 Å². The average Bonchev–Trinajstić information content (AvgIpc) is 3.09. The van der Waals surface area contributed by atoms with Gasteiger partial charge in [0.25, 0.3) is 5.69 Å². The van der Waals surface area contributed by atoms with E-state index in [4.69, 9.17) is 5.26 Å². The summed E-state index contributed by atoms with van der Waals surface area (Å²) in [5.41, 5.74) is 3.81. The quantitative estimate of drug-likeness (QED) is 0.518. The van der Waals surface area contributed by atoms with Gasteiger partial charge in [-0.3, -0.25) is 14.9 Å². The number of nitrogens with zero attached hydrogens (tertiary/aromatic N) is 5. The number of hydrogen-bond acceptors (Lipinski definition) is 6. The van der Waals surface area contributed by atoms with E-state index >= 15 is 0 Å². The maximum Gasteiger partial charge on any atom is 0.274 e. The molecule has 0 spiro atoms. The van der Waals surface area contributed by atoms with Gasteiger partial charge in [0, 0.05) is 36.0 Å². The zero-order valence-corrected chi connectivity index (χ0v) is 15.5. The highest BCUT2D eigenvalue weighted by molar-refractivity contribution is 5.76. The highest BCUT2D eigenvalue weighted by Gasteiger charge is 2.16. The normalized spacial score (nSPS) is 10.6. The molecular formula is C19H18N6O3. The third kappa shape index (κ3) is 3.66. The van der Waals surface area contributed by atoms with E-state index in [2.05, 4.69) is 21.5 Å². The Morgan fingerprint density at radius 3 is 2.82 bits per heavy atom. The third-order valence-corrected chi connectivity index (χ3v) is 4.60. The van der Waals surface area contributed by atoms with Crippen molar-refractivity contribution in [3.05, 3.63) is 68.7 Å². The number of aromatic nitrogens is 3. The molecule has 1 N–H and O–H groups in total. The Labute approximate surface area is 160 Å². The summed E-state index contributed by atoms with van der Waals surface area (Å²) in [5.74, 6) is -0.213. The van der Waals surface area contributed by atoms with E-state index in [1.165, 1.54) is 12.3 Å². The first-order valence-electron chi connectivity index (χ1n) is 8.65. The van der Waals surface area contributed by atoms with E-state index in [0.29, 0.717) is 23.2 Å². The van der Waals surface area contributed by atoms with Gasteiger partial charge in [0.2, 0.25) is 5.91 Å². The Bertz CT molecular complexity index is 1110. The van der Waals surface area contributed by atoms with Gasteiger partial charge < -0.3 is 5.32 Å². The number of carbonyl (C=O) groups is 1. The lowest BCUT2D eigenvalue weighted by molar-refractivity contribution is -0.385. The summed E-state index contributed by atoms with van der Waals surface area (Å²) in [6.07, 6.45) is 2.13. The van der Waals surface area contributed by atoms with E-state index in [9.17, 15) is 14.9 Å². The average molecular weight is 378 g/mol. The van der Waals surface area contributed by atoms with Crippen molar-refractivity contribution in [3.63, 3.8) is 0 Å². The van der Waals surface area contributed by atoms with Crippen molar-refractivity contribution in [1.82, 2.24) is 19.9 Å². The van der Waals surface area contributed by atoms with Gasteiger partial charge in [0.1, 0.15) is 11.6 Å². The van der Waals surface area contributed by atoms with Crippen LogP contribution in [-0.4, -0.2) is 25.4 Å². The highest BCUT2D eigenvalue weighted by Crippen LogP contribution is 2.19. The Morgan fingerprint density at radius 1 is 1.36 bits per heavy atom. The van der Waals surface area contributed by atoms with E-state index < -0.39 is 4.92 Å². The second kappa shape index (κ2) is 7.84. The minimum absolute atomic E-state index is 0.0175. The molecule has 0 fully saturated rings. The van der Waals surface area contributed by atoms with E-state index in [-0.39, 0.29) is 24.6 Å². The van der Waals surface area contributed by atoms with Gasteiger partial charge in [-0.25, -0.2) is 9.50 Å². The monoisotopic (exact) mass is 378 g/mol. The number of aryl methyl sites for hydroxylation is 2. The van der Waals surface area contributed by atoms with Crippen LogP contribution < -0.4 is 5.32 Å². The van der Waals surface area contributed by atoms with Gasteiger partial charge in [-0.15, -0.1) is 0 Å². The fraction of sp³-hybridized carbons (Fsp3) is 0.263. The molecule has 0 saturated heterocycles. The van der Waals surface area contributed by atoms with Crippen LogP contribution in [-0.2, 0) is 17.8 Å². The van der Waals surface area contributed by atoms with Crippen molar-refractivity contribution in [1.29, 1.82) is 5.26 Å². The molecule has 0 aliphatic heterocycles. The molecule has 142 valence electrons. The van der Waals surface area contributed by atoms with Crippen LogP contribution in [0.2, 0.25) is 0 Å². The maximum atomic E-state index is 12.2. The summed E-state index contributed by atoms with van der Waals surface area (Å²) < 4.78 is 1.60. The number of nitrogens with one attached hydrogen (secondary N) is 1. The smallest absolute Gasteiger partial charge is 0.274 e. The minimum atomic E-state index is -0.464. The molecule has 9 heteroatoms. The van der Waals surface area contributed by atoms with E-state index in [1.807, 2.05) is 13.8 Å². The molecule has 9 nitrogen and oxygen atoms in total. The predicted octanol–water partition coefficient (Wildman–Crippen LogP) is 2.38. The van der Waals surface area contributed by atoms with Crippen molar-refractivity contribution >= 4 is 17.2 Å². The number of carbonyl (C=O) groups excluding carboxylic acids is 1. The molecule has 28 heavy (non-hydrogen) atoms. The largest absolute Gasteiger partial charge is 0.352 e. The summed E-state index contributed by atoms with van der Waals surface area (Å²) in [4.78, 5) is 27.3. The van der Waals surface area contributed by atoms with Crippen LogP contribution in [0.3, 0.4) is 0 Å². The summed E-state index contributed by atoms with van der Waals surface area (Å²) in [6.45, 7) is 3.80. The summed E-state index contributed by atoms with van der Waals surface area (Å²) in [5, 5.41) is 27.1.